The summed E-state index contributed by atoms with van der Waals surface area (Å²) in [6.45, 7) is 6.16. The second-order valence-corrected chi connectivity index (χ2v) is 8.54. The van der Waals surface area contributed by atoms with E-state index in [1.54, 1.807) is 33.5 Å². The van der Waals surface area contributed by atoms with Gasteiger partial charge in [0.2, 0.25) is 10.0 Å². The molecule has 0 unspecified atom stereocenters. The summed E-state index contributed by atoms with van der Waals surface area (Å²) in [5.74, 6) is 0.0659. The van der Waals surface area contributed by atoms with Crippen molar-refractivity contribution in [1.82, 2.24) is 9.21 Å². The maximum absolute atomic E-state index is 12.9. The summed E-state index contributed by atoms with van der Waals surface area (Å²) in [7, 11) is -3.52. The molecule has 0 spiro atoms. The Bertz CT molecular complexity index is 876. The van der Waals surface area contributed by atoms with Gasteiger partial charge in [-0.25, -0.2) is 8.42 Å². The number of hydrogen-bond acceptors (Lipinski definition) is 4. The fraction of sp³-hybridized carbons (Fsp3) is 0.526. The Morgan fingerprint density at radius 1 is 1.08 bits per heavy atom. The van der Waals surface area contributed by atoms with E-state index >= 15 is 0 Å². The number of amides is 1. The Hall–Kier alpha value is -1.86. The molecule has 0 bridgehead atoms. The highest BCUT2D eigenvalue weighted by Gasteiger charge is 2.26. The van der Waals surface area contributed by atoms with E-state index in [1.165, 1.54) is 0 Å². The number of benzene rings is 1. The molecule has 2 heterocycles. The van der Waals surface area contributed by atoms with Crippen molar-refractivity contribution in [2.24, 2.45) is 0 Å². The minimum absolute atomic E-state index is 0.178. The van der Waals surface area contributed by atoms with Crippen molar-refractivity contribution >= 4 is 26.9 Å². The molecule has 2 aromatic rings. The Labute approximate surface area is 154 Å². The maximum Gasteiger partial charge on any atom is 0.289 e. The van der Waals surface area contributed by atoms with Crippen LogP contribution < -0.4 is 0 Å². The molecule has 1 amide bonds. The average molecular weight is 378 g/mol. The highest BCUT2D eigenvalue weighted by molar-refractivity contribution is 7.89. The Kier molecular flexibility index (Phi) is 5.67. The zero-order valence-corrected chi connectivity index (χ0v) is 16.2. The van der Waals surface area contributed by atoms with Crippen LogP contribution in [0.15, 0.2) is 33.6 Å². The van der Waals surface area contributed by atoms with Crippen LogP contribution in [0.1, 0.15) is 50.1 Å². The van der Waals surface area contributed by atoms with Crippen LogP contribution in [-0.4, -0.2) is 49.7 Å². The highest BCUT2D eigenvalue weighted by Crippen LogP contribution is 2.26. The molecule has 0 N–H and O–H groups in total. The first kappa shape index (κ1) is 18.9. The molecule has 6 nitrogen and oxygen atoms in total. The molecular weight excluding hydrogens is 352 g/mol. The predicted molar refractivity (Wildman–Crippen MR) is 101 cm³/mol. The van der Waals surface area contributed by atoms with Crippen LogP contribution in [0.2, 0.25) is 0 Å². The van der Waals surface area contributed by atoms with Gasteiger partial charge in [-0.1, -0.05) is 12.8 Å². The summed E-state index contributed by atoms with van der Waals surface area (Å²) in [6, 6.07) is 6.45. The molecule has 1 aliphatic rings. The summed E-state index contributed by atoms with van der Waals surface area (Å²) >= 11 is 0. The molecule has 0 radical (unpaired) electrons. The second-order valence-electron chi connectivity index (χ2n) is 6.61. The van der Waals surface area contributed by atoms with Crippen molar-refractivity contribution < 1.29 is 17.6 Å². The zero-order valence-electron chi connectivity index (χ0n) is 15.4. The normalized spacial score (nSPS) is 16.5. The third-order valence-electron chi connectivity index (χ3n) is 4.95. The van der Waals surface area contributed by atoms with Gasteiger partial charge in [0.25, 0.3) is 5.91 Å². The van der Waals surface area contributed by atoms with Crippen molar-refractivity contribution in [2.75, 3.05) is 26.2 Å². The van der Waals surface area contributed by atoms with Crippen LogP contribution in [0.5, 0.6) is 0 Å². The van der Waals surface area contributed by atoms with Crippen molar-refractivity contribution in [3.05, 3.63) is 30.0 Å². The number of carbonyl (C=O) groups is 1. The molecule has 3 rings (SSSR count). The van der Waals surface area contributed by atoms with Crippen molar-refractivity contribution in [1.29, 1.82) is 0 Å². The fourth-order valence-electron chi connectivity index (χ4n) is 3.39. The van der Waals surface area contributed by atoms with E-state index in [-0.39, 0.29) is 16.6 Å². The minimum Gasteiger partial charge on any atom is -0.451 e. The number of sulfonamides is 1. The van der Waals surface area contributed by atoms with Crippen LogP contribution in [-0.2, 0) is 10.0 Å². The quantitative estimate of drug-likeness (QED) is 0.799. The van der Waals surface area contributed by atoms with Crippen LogP contribution in [0.4, 0.5) is 0 Å². The predicted octanol–water partition coefficient (Wildman–Crippen LogP) is 3.48. The van der Waals surface area contributed by atoms with E-state index in [0.29, 0.717) is 37.1 Å². The molecule has 7 heteroatoms. The molecule has 0 atom stereocenters. The zero-order chi connectivity index (χ0) is 18.7. The van der Waals surface area contributed by atoms with Gasteiger partial charge in [0.05, 0.1) is 4.90 Å². The van der Waals surface area contributed by atoms with E-state index in [9.17, 15) is 13.2 Å². The average Bonchev–Trinajstić information content (AvgIpc) is 2.86. The van der Waals surface area contributed by atoms with E-state index < -0.39 is 10.0 Å². The molecule has 1 aromatic carbocycles. The summed E-state index contributed by atoms with van der Waals surface area (Å²) in [5.41, 5.74) is 0.523. The van der Waals surface area contributed by atoms with Crippen molar-refractivity contribution in [3.63, 3.8) is 0 Å². The number of hydrogen-bond donors (Lipinski definition) is 0. The monoisotopic (exact) mass is 378 g/mol. The van der Waals surface area contributed by atoms with Gasteiger partial charge in [0.1, 0.15) is 5.58 Å². The third-order valence-corrected chi connectivity index (χ3v) is 6.85. The molecule has 1 fully saturated rings. The Morgan fingerprint density at radius 3 is 2.35 bits per heavy atom. The van der Waals surface area contributed by atoms with Gasteiger partial charge in [-0.05, 0) is 51.0 Å². The maximum atomic E-state index is 12.9. The summed E-state index contributed by atoms with van der Waals surface area (Å²) < 4.78 is 33.1. The van der Waals surface area contributed by atoms with Crippen molar-refractivity contribution in [3.8, 4) is 0 Å². The van der Waals surface area contributed by atoms with E-state index in [1.807, 2.05) is 13.8 Å². The first-order chi connectivity index (χ1) is 12.5. The van der Waals surface area contributed by atoms with Crippen molar-refractivity contribution in [2.45, 2.75) is 44.4 Å². The van der Waals surface area contributed by atoms with Gasteiger partial charge in [-0.15, -0.1) is 0 Å². The lowest BCUT2D eigenvalue weighted by Gasteiger charge is -2.19. The standard InChI is InChI=1S/C19H26N2O4S/c1-3-20(4-2)19(22)18-14-15-13-16(9-10-17(15)25-18)26(23,24)21-11-7-5-6-8-12-21/h9-10,13-14H,3-8,11-12H2,1-2H3. The lowest BCUT2D eigenvalue weighted by molar-refractivity contribution is 0.0743. The van der Waals surface area contributed by atoms with Gasteiger partial charge in [-0.3, -0.25) is 4.79 Å². The molecule has 0 saturated carbocycles. The van der Waals surface area contributed by atoms with Gasteiger partial charge >= 0.3 is 0 Å². The van der Waals surface area contributed by atoms with E-state index in [2.05, 4.69) is 0 Å². The molecule has 142 valence electrons. The molecule has 1 aliphatic heterocycles. The van der Waals surface area contributed by atoms with Crippen LogP contribution in [0.3, 0.4) is 0 Å². The molecule has 1 aromatic heterocycles. The van der Waals surface area contributed by atoms with Gasteiger partial charge in [-0.2, -0.15) is 4.31 Å². The lowest BCUT2D eigenvalue weighted by Crippen LogP contribution is -2.31. The first-order valence-corrected chi connectivity index (χ1v) is 10.7. The topological polar surface area (TPSA) is 70.8 Å². The summed E-state index contributed by atoms with van der Waals surface area (Å²) in [6.07, 6.45) is 3.94. The molecule has 1 saturated heterocycles. The molecule has 26 heavy (non-hydrogen) atoms. The number of fused-ring (bicyclic) bond motifs is 1. The SMILES string of the molecule is CCN(CC)C(=O)c1cc2cc(S(=O)(=O)N3CCCCCC3)ccc2o1. The van der Waals surface area contributed by atoms with E-state index in [4.69, 9.17) is 4.42 Å². The Balaban J connectivity index is 1.92. The number of rotatable bonds is 5. The number of furan rings is 1. The van der Waals surface area contributed by atoms with Gasteiger partial charge in [0.15, 0.2) is 5.76 Å². The van der Waals surface area contributed by atoms with Gasteiger partial charge in [0, 0.05) is 31.6 Å². The van der Waals surface area contributed by atoms with Crippen LogP contribution in [0.25, 0.3) is 11.0 Å². The summed E-state index contributed by atoms with van der Waals surface area (Å²) in [5, 5.41) is 0.636. The van der Waals surface area contributed by atoms with Gasteiger partial charge < -0.3 is 9.32 Å². The molecule has 0 aliphatic carbocycles. The Morgan fingerprint density at radius 2 is 1.73 bits per heavy atom. The van der Waals surface area contributed by atoms with Crippen LogP contribution in [0, 0.1) is 0 Å². The lowest BCUT2D eigenvalue weighted by atomic mass is 10.2. The number of nitrogens with zero attached hydrogens (tertiary/aromatic N) is 2. The third kappa shape index (κ3) is 3.64. The minimum atomic E-state index is -3.52. The number of carbonyl (C=O) groups excluding carboxylic acids is 1. The largest absolute Gasteiger partial charge is 0.451 e. The first-order valence-electron chi connectivity index (χ1n) is 9.30. The molecular formula is C19H26N2O4S. The van der Waals surface area contributed by atoms with E-state index in [0.717, 1.165) is 25.7 Å². The summed E-state index contributed by atoms with van der Waals surface area (Å²) in [4.78, 5) is 14.4. The van der Waals surface area contributed by atoms with Crippen LogP contribution >= 0.6 is 0 Å². The highest BCUT2D eigenvalue weighted by atomic mass is 32.2. The fourth-order valence-corrected chi connectivity index (χ4v) is 4.94. The smallest absolute Gasteiger partial charge is 0.289 e. The second kappa shape index (κ2) is 7.80.